The quantitative estimate of drug-likeness (QED) is 0.681. The van der Waals surface area contributed by atoms with Crippen LogP contribution in [-0.2, 0) is 16.0 Å². The van der Waals surface area contributed by atoms with Crippen molar-refractivity contribution in [2.45, 2.75) is 32.3 Å². The third kappa shape index (κ3) is 4.83. The summed E-state index contributed by atoms with van der Waals surface area (Å²) >= 11 is 0. The summed E-state index contributed by atoms with van der Waals surface area (Å²) in [4.78, 5) is 26.6. The number of halogens is 1. The van der Waals surface area contributed by atoms with Crippen LogP contribution < -0.4 is 5.32 Å². The maximum absolute atomic E-state index is 13.3. The lowest BCUT2D eigenvalue weighted by atomic mass is 10.1. The molecule has 2 rings (SSSR count). The second-order valence-corrected chi connectivity index (χ2v) is 5.83. The first-order valence-corrected chi connectivity index (χ1v) is 7.50. The highest BCUT2D eigenvalue weighted by Gasteiger charge is 2.30. The lowest BCUT2D eigenvalue weighted by Gasteiger charge is -2.17. The van der Waals surface area contributed by atoms with Gasteiger partial charge in [0, 0.05) is 18.4 Å². The van der Waals surface area contributed by atoms with Crippen molar-refractivity contribution in [1.82, 2.24) is 15.5 Å². The Labute approximate surface area is 142 Å². The lowest BCUT2D eigenvalue weighted by molar-refractivity contribution is -0.156. The van der Waals surface area contributed by atoms with Crippen LogP contribution in [0, 0.1) is 12.7 Å². The van der Waals surface area contributed by atoms with Gasteiger partial charge in [0.15, 0.2) is 5.60 Å². The van der Waals surface area contributed by atoms with E-state index in [2.05, 4.69) is 15.5 Å². The number of aromatic nitrogens is 2. The number of aliphatic hydroxyl groups is 1. The minimum absolute atomic E-state index is 0.0141. The van der Waals surface area contributed by atoms with Gasteiger partial charge in [-0.2, -0.15) is 4.98 Å². The molecule has 0 spiro atoms. The number of nitrogens with one attached hydrogen (secondary N) is 1. The summed E-state index contributed by atoms with van der Waals surface area (Å²) in [6, 6.07) is 4.42. The minimum atomic E-state index is -2.03. The van der Waals surface area contributed by atoms with Gasteiger partial charge >= 0.3 is 5.97 Å². The van der Waals surface area contributed by atoms with E-state index in [4.69, 9.17) is 9.63 Å². The van der Waals surface area contributed by atoms with Gasteiger partial charge in [0.1, 0.15) is 5.82 Å². The fourth-order valence-corrected chi connectivity index (χ4v) is 1.91. The summed E-state index contributed by atoms with van der Waals surface area (Å²) in [5, 5.41) is 24.4. The van der Waals surface area contributed by atoms with Crippen LogP contribution >= 0.6 is 0 Å². The Kier molecular flexibility index (Phi) is 5.48. The molecule has 25 heavy (non-hydrogen) atoms. The maximum Gasteiger partial charge on any atom is 0.337 e. The number of hydrogen-bond acceptors (Lipinski definition) is 6. The van der Waals surface area contributed by atoms with Crippen molar-refractivity contribution in [2.24, 2.45) is 0 Å². The van der Waals surface area contributed by atoms with Gasteiger partial charge in [-0.15, -0.1) is 0 Å². The van der Waals surface area contributed by atoms with Gasteiger partial charge in [-0.05, 0) is 37.6 Å². The van der Waals surface area contributed by atoms with Crippen molar-refractivity contribution in [1.29, 1.82) is 0 Å². The van der Waals surface area contributed by atoms with Crippen LogP contribution in [0.3, 0.4) is 0 Å². The Bertz CT molecular complexity index is 788. The zero-order chi connectivity index (χ0) is 18.6. The predicted molar refractivity (Wildman–Crippen MR) is 84.0 cm³/mol. The first-order valence-electron chi connectivity index (χ1n) is 7.50. The van der Waals surface area contributed by atoms with E-state index >= 15 is 0 Å². The van der Waals surface area contributed by atoms with E-state index in [9.17, 15) is 19.1 Å². The van der Waals surface area contributed by atoms with Gasteiger partial charge in [-0.3, -0.25) is 4.79 Å². The zero-order valence-electron chi connectivity index (χ0n) is 13.7. The van der Waals surface area contributed by atoms with Gasteiger partial charge < -0.3 is 20.1 Å². The number of carbonyl (C=O) groups excluding carboxylic acids is 1. The van der Waals surface area contributed by atoms with Gasteiger partial charge in [-0.1, -0.05) is 5.16 Å². The molecule has 1 aromatic heterocycles. The summed E-state index contributed by atoms with van der Waals surface area (Å²) < 4.78 is 18.3. The Morgan fingerprint density at radius 2 is 2.12 bits per heavy atom. The molecule has 0 saturated carbocycles. The van der Waals surface area contributed by atoms with Crippen LogP contribution in [0.25, 0.3) is 11.4 Å². The number of benzene rings is 1. The third-order valence-electron chi connectivity index (χ3n) is 3.54. The zero-order valence-corrected chi connectivity index (χ0v) is 13.7. The van der Waals surface area contributed by atoms with Crippen molar-refractivity contribution in [3.8, 4) is 11.4 Å². The first-order chi connectivity index (χ1) is 11.7. The highest BCUT2D eigenvalue weighted by Crippen LogP contribution is 2.19. The SMILES string of the molecule is Cc1cc(-c2noc(CCC(=O)NCC(C)(O)C(=O)O)n2)ccc1F. The molecule has 1 amide bonds. The largest absolute Gasteiger partial charge is 0.479 e. The molecule has 3 N–H and O–H groups in total. The second kappa shape index (κ2) is 7.39. The lowest BCUT2D eigenvalue weighted by Crippen LogP contribution is -2.46. The van der Waals surface area contributed by atoms with Gasteiger partial charge in [0.25, 0.3) is 0 Å². The Hall–Kier alpha value is -2.81. The molecule has 0 bridgehead atoms. The summed E-state index contributed by atoms with van der Waals surface area (Å²) in [6.07, 6.45) is 0.133. The van der Waals surface area contributed by atoms with Gasteiger partial charge in [0.05, 0.1) is 6.54 Å². The Balaban J connectivity index is 1.90. The molecular formula is C16H18FN3O5. The van der Waals surface area contributed by atoms with Crippen LogP contribution in [0.2, 0.25) is 0 Å². The number of amides is 1. The van der Waals surface area contributed by atoms with E-state index in [0.717, 1.165) is 6.92 Å². The van der Waals surface area contributed by atoms with Crippen LogP contribution in [-0.4, -0.2) is 44.4 Å². The van der Waals surface area contributed by atoms with Crippen molar-refractivity contribution in [3.05, 3.63) is 35.5 Å². The number of aliphatic carboxylic acids is 1. The standard InChI is InChI=1S/C16H18FN3O5/c1-9-7-10(3-4-11(9)17)14-19-13(25-20-14)6-5-12(21)18-8-16(2,24)15(22)23/h3-4,7,24H,5-6,8H2,1-2H3,(H,18,21)(H,22,23). The van der Waals surface area contributed by atoms with Gasteiger partial charge in [-0.25, -0.2) is 9.18 Å². The van der Waals surface area contributed by atoms with E-state index < -0.39 is 24.0 Å². The molecule has 0 radical (unpaired) electrons. The number of carbonyl (C=O) groups is 2. The normalized spacial score (nSPS) is 13.3. The molecule has 0 saturated heterocycles. The Morgan fingerprint density at radius 1 is 1.40 bits per heavy atom. The van der Waals surface area contributed by atoms with E-state index in [1.54, 1.807) is 13.0 Å². The summed E-state index contributed by atoms with van der Waals surface area (Å²) in [5.74, 6) is -1.71. The molecule has 0 fully saturated rings. The monoisotopic (exact) mass is 351 g/mol. The molecular weight excluding hydrogens is 333 g/mol. The van der Waals surface area contributed by atoms with E-state index in [0.29, 0.717) is 11.1 Å². The maximum atomic E-state index is 13.3. The van der Waals surface area contributed by atoms with Crippen molar-refractivity contribution in [3.63, 3.8) is 0 Å². The smallest absolute Gasteiger partial charge is 0.337 e. The molecule has 2 aromatic rings. The van der Waals surface area contributed by atoms with Crippen LogP contribution in [0.5, 0.6) is 0 Å². The Morgan fingerprint density at radius 3 is 2.76 bits per heavy atom. The summed E-state index contributed by atoms with van der Waals surface area (Å²) in [5.41, 5.74) is -0.988. The van der Waals surface area contributed by atoms with Gasteiger partial charge in [0.2, 0.25) is 17.6 Å². The molecule has 0 aliphatic carbocycles. The first kappa shape index (κ1) is 18.5. The summed E-state index contributed by atoms with van der Waals surface area (Å²) in [6.45, 7) is 2.30. The van der Waals surface area contributed by atoms with E-state index in [-0.39, 0.29) is 30.4 Å². The number of hydrogen-bond donors (Lipinski definition) is 3. The number of carboxylic acid groups (broad SMARTS) is 1. The van der Waals surface area contributed by atoms with Crippen molar-refractivity contribution >= 4 is 11.9 Å². The fourth-order valence-electron chi connectivity index (χ4n) is 1.91. The topological polar surface area (TPSA) is 126 Å². The number of carboxylic acids is 1. The second-order valence-electron chi connectivity index (χ2n) is 5.83. The highest BCUT2D eigenvalue weighted by molar-refractivity contribution is 5.80. The third-order valence-corrected chi connectivity index (χ3v) is 3.54. The van der Waals surface area contributed by atoms with E-state index in [1.165, 1.54) is 12.1 Å². The molecule has 134 valence electrons. The van der Waals surface area contributed by atoms with Crippen molar-refractivity contribution < 1.29 is 28.7 Å². The molecule has 1 aromatic carbocycles. The average molecular weight is 351 g/mol. The molecule has 1 atom stereocenters. The van der Waals surface area contributed by atoms with Crippen LogP contribution in [0.15, 0.2) is 22.7 Å². The highest BCUT2D eigenvalue weighted by atomic mass is 19.1. The molecule has 0 aliphatic heterocycles. The molecule has 1 unspecified atom stereocenters. The number of aryl methyl sites for hydroxylation is 2. The predicted octanol–water partition coefficient (Wildman–Crippen LogP) is 1.07. The van der Waals surface area contributed by atoms with E-state index in [1.807, 2.05) is 0 Å². The fraction of sp³-hybridized carbons (Fsp3) is 0.375. The number of nitrogens with zero attached hydrogens (tertiary/aromatic N) is 2. The molecule has 0 aliphatic rings. The molecule has 9 heteroatoms. The molecule has 1 heterocycles. The van der Waals surface area contributed by atoms with Crippen molar-refractivity contribution in [2.75, 3.05) is 6.54 Å². The minimum Gasteiger partial charge on any atom is -0.479 e. The molecule has 8 nitrogen and oxygen atoms in total. The van der Waals surface area contributed by atoms with Crippen LogP contribution in [0.4, 0.5) is 4.39 Å². The van der Waals surface area contributed by atoms with Crippen LogP contribution in [0.1, 0.15) is 24.8 Å². The average Bonchev–Trinajstić information content (AvgIpc) is 3.02. The summed E-state index contributed by atoms with van der Waals surface area (Å²) in [7, 11) is 0. The number of rotatable bonds is 7.